The van der Waals surface area contributed by atoms with Gasteiger partial charge in [0.05, 0.1) is 16.8 Å². The first-order valence-electron chi connectivity index (χ1n) is 13.1. The number of anilines is 1. The number of amides is 2. The highest BCUT2D eigenvalue weighted by Crippen LogP contribution is 2.45. The summed E-state index contributed by atoms with van der Waals surface area (Å²) in [5.74, 6) is -4.47. The zero-order valence-electron chi connectivity index (χ0n) is 22.6. The van der Waals surface area contributed by atoms with Crippen LogP contribution in [0.25, 0.3) is 11.3 Å². The molecular weight excluding hydrogens is 568 g/mol. The van der Waals surface area contributed by atoms with Crippen LogP contribution in [-0.4, -0.2) is 45.3 Å². The zero-order chi connectivity index (χ0) is 31.1. The molecule has 12 heteroatoms. The van der Waals surface area contributed by atoms with Crippen LogP contribution in [-0.2, 0) is 15.8 Å². The SMILES string of the molecule is C=C(C(=O)O)c1nn(-c2ccccc2)c2c1[C@H](c1ccc(F)cc1)[C@@H](NC(=O)c1cccc(C(F)(F)F)c1)C(=O)N2CC. The number of alkyl halides is 3. The second-order valence-electron chi connectivity index (χ2n) is 9.76. The minimum absolute atomic E-state index is 0.0649. The third kappa shape index (κ3) is 5.39. The van der Waals surface area contributed by atoms with Crippen molar-refractivity contribution in [2.24, 2.45) is 0 Å². The third-order valence-corrected chi connectivity index (χ3v) is 7.16. The van der Waals surface area contributed by atoms with E-state index in [0.717, 1.165) is 24.3 Å². The first kappa shape index (κ1) is 29.2. The molecule has 1 aliphatic rings. The second kappa shape index (κ2) is 11.2. The number of hydrogen-bond acceptors (Lipinski definition) is 4. The Morgan fingerprint density at radius 3 is 2.30 bits per heavy atom. The molecule has 220 valence electrons. The van der Waals surface area contributed by atoms with Gasteiger partial charge in [-0.05, 0) is 55.0 Å². The van der Waals surface area contributed by atoms with E-state index in [1.807, 2.05) is 0 Å². The van der Waals surface area contributed by atoms with Crippen molar-refractivity contribution in [3.05, 3.63) is 119 Å². The minimum Gasteiger partial charge on any atom is -0.478 e. The number of nitrogens with zero attached hydrogens (tertiary/aromatic N) is 3. The normalized spacial score (nSPS) is 16.5. The Kier molecular flexibility index (Phi) is 7.61. The van der Waals surface area contributed by atoms with Crippen molar-refractivity contribution >= 4 is 29.2 Å². The summed E-state index contributed by atoms with van der Waals surface area (Å²) in [7, 11) is 0. The summed E-state index contributed by atoms with van der Waals surface area (Å²) in [6, 6.07) is 16.0. The van der Waals surface area contributed by atoms with Gasteiger partial charge in [-0.25, -0.2) is 13.9 Å². The summed E-state index contributed by atoms with van der Waals surface area (Å²) in [4.78, 5) is 41.0. The van der Waals surface area contributed by atoms with E-state index in [-0.39, 0.29) is 29.2 Å². The lowest BCUT2D eigenvalue weighted by atomic mass is 9.80. The maximum atomic E-state index is 14.1. The van der Waals surface area contributed by atoms with Gasteiger partial charge in [-0.3, -0.25) is 14.5 Å². The molecule has 0 spiro atoms. The molecule has 1 aliphatic heterocycles. The topological polar surface area (TPSA) is 105 Å². The summed E-state index contributed by atoms with van der Waals surface area (Å²) in [5, 5.41) is 17.0. The summed E-state index contributed by atoms with van der Waals surface area (Å²) >= 11 is 0. The van der Waals surface area contributed by atoms with Gasteiger partial charge in [-0.1, -0.05) is 43.0 Å². The van der Waals surface area contributed by atoms with Crippen molar-refractivity contribution in [3.8, 4) is 5.69 Å². The Morgan fingerprint density at radius 2 is 1.70 bits per heavy atom. The smallest absolute Gasteiger partial charge is 0.416 e. The fourth-order valence-corrected chi connectivity index (χ4v) is 5.16. The molecule has 8 nitrogen and oxygen atoms in total. The summed E-state index contributed by atoms with van der Waals surface area (Å²) in [6.07, 6.45) is -4.71. The number of para-hydroxylation sites is 1. The van der Waals surface area contributed by atoms with Crippen molar-refractivity contribution in [2.45, 2.75) is 25.1 Å². The first-order chi connectivity index (χ1) is 20.4. The van der Waals surface area contributed by atoms with Crippen LogP contribution in [0.2, 0.25) is 0 Å². The van der Waals surface area contributed by atoms with Gasteiger partial charge in [-0.2, -0.15) is 18.3 Å². The number of carboxylic acid groups (broad SMARTS) is 1. The quantitative estimate of drug-likeness (QED) is 0.220. The molecule has 1 aromatic heterocycles. The number of carbonyl (C=O) groups is 3. The lowest BCUT2D eigenvalue weighted by Crippen LogP contribution is -2.55. The zero-order valence-corrected chi connectivity index (χ0v) is 22.6. The predicted molar refractivity (Wildman–Crippen MR) is 149 cm³/mol. The predicted octanol–water partition coefficient (Wildman–Crippen LogP) is 5.43. The van der Waals surface area contributed by atoms with Crippen LogP contribution in [0.1, 0.15) is 45.6 Å². The Hall–Kier alpha value is -5.26. The fourth-order valence-electron chi connectivity index (χ4n) is 5.16. The van der Waals surface area contributed by atoms with E-state index < -0.39 is 52.9 Å². The average Bonchev–Trinajstić information content (AvgIpc) is 3.37. The third-order valence-electron chi connectivity index (χ3n) is 7.16. The van der Waals surface area contributed by atoms with Crippen molar-refractivity contribution in [3.63, 3.8) is 0 Å². The molecule has 0 bridgehead atoms. The molecule has 5 rings (SSSR count). The molecule has 0 saturated carbocycles. The van der Waals surface area contributed by atoms with Gasteiger partial charge in [0.15, 0.2) is 0 Å². The van der Waals surface area contributed by atoms with E-state index in [1.165, 1.54) is 27.8 Å². The van der Waals surface area contributed by atoms with Crippen LogP contribution in [0.15, 0.2) is 85.4 Å². The molecule has 0 radical (unpaired) electrons. The summed E-state index contributed by atoms with van der Waals surface area (Å²) in [6.45, 7) is 5.42. The number of aliphatic carboxylic acids is 1. The average molecular weight is 593 g/mol. The van der Waals surface area contributed by atoms with Gasteiger partial charge in [0.1, 0.15) is 23.4 Å². The lowest BCUT2D eigenvalue weighted by Gasteiger charge is -2.38. The summed E-state index contributed by atoms with van der Waals surface area (Å²) in [5.41, 5.74) is -0.821. The number of rotatable bonds is 7. The number of likely N-dealkylation sites (N-methyl/N-ethyl adjacent to an activating group) is 1. The highest BCUT2D eigenvalue weighted by Gasteiger charge is 2.47. The number of nitrogens with one attached hydrogen (secondary N) is 1. The molecule has 0 saturated heterocycles. The van der Waals surface area contributed by atoms with E-state index in [1.54, 1.807) is 37.3 Å². The van der Waals surface area contributed by atoms with Gasteiger partial charge in [0.25, 0.3) is 11.8 Å². The Morgan fingerprint density at radius 1 is 1.02 bits per heavy atom. The molecule has 0 unspecified atom stereocenters. The number of fused-ring (bicyclic) bond motifs is 1. The van der Waals surface area contributed by atoms with Gasteiger partial charge in [0.2, 0.25) is 0 Å². The number of aromatic nitrogens is 2. The number of carbonyl (C=O) groups excluding carboxylic acids is 2. The van der Waals surface area contributed by atoms with Crippen molar-refractivity contribution in [1.82, 2.24) is 15.1 Å². The van der Waals surface area contributed by atoms with Crippen LogP contribution in [0.5, 0.6) is 0 Å². The number of benzene rings is 3. The largest absolute Gasteiger partial charge is 0.478 e. The lowest BCUT2D eigenvalue weighted by molar-refractivity contribution is -0.137. The van der Waals surface area contributed by atoms with Crippen molar-refractivity contribution < 1.29 is 37.1 Å². The Bertz CT molecular complexity index is 1730. The molecule has 2 amide bonds. The van der Waals surface area contributed by atoms with Gasteiger partial charge >= 0.3 is 12.1 Å². The maximum Gasteiger partial charge on any atom is 0.416 e. The highest BCUT2D eigenvalue weighted by atomic mass is 19.4. The Balaban J connectivity index is 1.74. The van der Waals surface area contributed by atoms with E-state index >= 15 is 0 Å². The molecule has 3 aromatic carbocycles. The van der Waals surface area contributed by atoms with Crippen LogP contribution in [0.3, 0.4) is 0 Å². The maximum absolute atomic E-state index is 14.1. The van der Waals surface area contributed by atoms with E-state index in [4.69, 9.17) is 0 Å². The van der Waals surface area contributed by atoms with Crippen molar-refractivity contribution in [2.75, 3.05) is 11.4 Å². The van der Waals surface area contributed by atoms with Crippen LogP contribution >= 0.6 is 0 Å². The monoisotopic (exact) mass is 592 g/mol. The van der Waals surface area contributed by atoms with Gasteiger partial charge in [0, 0.05) is 23.6 Å². The first-order valence-corrected chi connectivity index (χ1v) is 13.1. The molecule has 2 heterocycles. The van der Waals surface area contributed by atoms with E-state index in [2.05, 4.69) is 17.0 Å². The highest BCUT2D eigenvalue weighted by molar-refractivity contribution is 6.15. The number of carboxylic acids is 1. The van der Waals surface area contributed by atoms with Crippen molar-refractivity contribution in [1.29, 1.82) is 0 Å². The fraction of sp³-hybridized carbons (Fsp3) is 0.161. The molecule has 4 aromatic rings. The van der Waals surface area contributed by atoms with E-state index in [0.29, 0.717) is 17.3 Å². The molecule has 0 aliphatic carbocycles. The molecule has 2 atom stereocenters. The molecule has 43 heavy (non-hydrogen) atoms. The number of halogens is 4. The molecule has 2 N–H and O–H groups in total. The van der Waals surface area contributed by atoms with Gasteiger partial charge < -0.3 is 10.4 Å². The van der Waals surface area contributed by atoms with Crippen LogP contribution in [0.4, 0.5) is 23.4 Å². The molecule has 0 fully saturated rings. The van der Waals surface area contributed by atoms with Crippen LogP contribution < -0.4 is 10.2 Å². The number of hydrogen-bond donors (Lipinski definition) is 2. The Labute approximate surface area is 242 Å². The summed E-state index contributed by atoms with van der Waals surface area (Å²) < 4.78 is 55.5. The van der Waals surface area contributed by atoms with Gasteiger partial charge in [-0.15, -0.1) is 0 Å². The van der Waals surface area contributed by atoms with E-state index in [9.17, 15) is 37.1 Å². The standard InChI is InChI=1S/C31H24F4N4O4/c1-3-38-28-24(25(17(2)30(42)43)37-39(28)22-10-5-4-6-11-22)23(18-12-14-21(32)15-13-18)26(29(38)41)36-27(40)19-8-7-9-20(16-19)31(33,34)35/h4-16,23,26H,2-3H2,1H3,(H,36,40)(H,42,43)/t23-,26+/m0/s1. The minimum atomic E-state index is -4.71. The van der Waals surface area contributed by atoms with Crippen LogP contribution in [0, 0.1) is 5.82 Å². The second-order valence-corrected chi connectivity index (χ2v) is 9.76. The molecular formula is C31H24F4N4O4.